The fraction of sp³-hybridized carbons (Fsp3) is 0.556. The minimum atomic E-state index is -2.79. The maximum absolute atomic E-state index is 13.4. The normalized spacial score (nSPS) is 31.6. The average molecular weight is 443 g/mol. The van der Waals surface area contributed by atoms with E-state index in [0.717, 1.165) is 12.8 Å². The van der Waals surface area contributed by atoms with E-state index in [1.54, 1.807) is 6.07 Å². The van der Waals surface area contributed by atoms with E-state index in [4.69, 9.17) is 9.47 Å². The van der Waals surface area contributed by atoms with Gasteiger partial charge in [0.2, 0.25) is 0 Å². The van der Waals surface area contributed by atoms with E-state index >= 15 is 0 Å². The molecule has 2 saturated carbocycles. The van der Waals surface area contributed by atoms with Gasteiger partial charge in [0.25, 0.3) is 5.92 Å². The molecule has 5 rings (SSSR count). The number of alkyl halides is 2. The predicted octanol–water partition coefficient (Wildman–Crippen LogP) is 6.46. The molecule has 5 heteroatoms. The molecule has 4 aliphatic rings. The summed E-state index contributed by atoms with van der Waals surface area (Å²) in [6.45, 7) is 7.88. The number of allylic oxidation sites excluding steroid dienone is 2. The summed E-state index contributed by atoms with van der Waals surface area (Å²) in [5.74, 6) is 0.566. The summed E-state index contributed by atoms with van der Waals surface area (Å²) in [6, 6.07) is 5.68. The smallest absolute Gasteiger partial charge is 0.281 e. The molecule has 3 aliphatic carbocycles. The van der Waals surface area contributed by atoms with Gasteiger partial charge < -0.3 is 14.6 Å². The molecule has 6 atom stereocenters. The Kier molecular flexibility index (Phi) is 5.43. The van der Waals surface area contributed by atoms with Crippen molar-refractivity contribution in [1.29, 1.82) is 0 Å². The van der Waals surface area contributed by atoms with Gasteiger partial charge in [-0.05, 0) is 89.3 Å². The van der Waals surface area contributed by atoms with Crippen molar-refractivity contribution >= 4 is 6.08 Å². The summed E-state index contributed by atoms with van der Waals surface area (Å²) in [5.41, 5.74) is 5.14. The molecular formula is C27H32F2O3. The molecule has 1 N–H and O–H groups in total. The molecule has 0 spiro atoms. The number of halogens is 2. The third-order valence-corrected chi connectivity index (χ3v) is 7.89. The average Bonchev–Trinajstić information content (AvgIpc) is 3.70. The highest BCUT2D eigenvalue weighted by atomic mass is 19.3. The van der Waals surface area contributed by atoms with Crippen LogP contribution in [0.15, 0.2) is 47.8 Å². The van der Waals surface area contributed by atoms with Gasteiger partial charge in [0.1, 0.15) is 18.1 Å². The number of rotatable bonds is 8. The van der Waals surface area contributed by atoms with E-state index < -0.39 is 12.5 Å². The van der Waals surface area contributed by atoms with E-state index in [2.05, 4.69) is 19.6 Å². The number of phenolic OH excluding ortho intramolecular Hbond substituents is 1. The van der Waals surface area contributed by atoms with Crippen molar-refractivity contribution in [2.45, 2.75) is 57.5 Å². The molecule has 0 amide bonds. The number of aromatic hydroxyl groups is 1. The van der Waals surface area contributed by atoms with Crippen LogP contribution in [0, 0.1) is 23.7 Å². The van der Waals surface area contributed by atoms with Gasteiger partial charge in [-0.15, -0.1) is 0 Å². The first-order chi connectivity index (χ1) is 15.3. The maximum Gasteiger partial charge on any atom is 0.281 e. The van der Waals surface area contributed by atoms with Gasteiger partial charge in [0, 0.05) is 6.42 Å². The van der Waals surface area contributed by atoms with Gasteiger partial charge >= 0.3 is 0 Å². The molecule has 1 aliphatic heterocycles. The maximum atomic E-state index is 13.4. The fourth-order valence-corrected chi connectivity index (χ4v) is 5.52. The molecule has 172 valence electrons. The second-order valence-electron chi connectivity index (χ2n) is 10.0. The summed E-state index contributed by atoms with van der Waals surface area (Å²) in [7, 11) is 0. The minimum absolute atomic E-state index is 0.0922. The Morgan fingerprint density at radius 3 is 2.84 bits per heavy atom. The lowest BCUT2D eigenvalue weighted by molar-refractivity contribution is -0.0776. The highest BCUT2D eigenvalue weighted by Gasteiger charge is 2.51. The van der Waals surface area contributed by atoms with Crippen LogP contribution in [0.3, 0.4) is 0 Å². The van der Waals surface area contributed by atoms with Gasteiger partial charge in [-0.25, -0.2) is 8.78 Å². The largest absolute Gasteiger partial charge is 0.508 e. The zero-order valence-corrected chi connectivity index (χ0v) is 18.8. The molecule has 1 aromatic rings. The van der Waals surface area contributed by atoms with Crippen molar-refractivity contribution < 1.29 is 23.4 Å². The first-order valence-electron chi connectivity index (χ1n) is 11.8. The van der Waals surface area contributed by atoms with Crippen molar-refractivity contribution in [3.05, 3.63) is 58.9 Å². The summed E-state index contributed by atoms with van der Waals surface area (Å²) < 4.78 is 38.1. The Labute approximate surface area is 188 Å². The van der Waals surface area contributed by atoms with Crippen LogP contribution in [0.5, 0.6) is 5.75 Å². The molecule has 2 fully saturated rings. The standard InChI is InChI=1S/C27H32F2O3/c1-4-27(28,29)14-32-19-7-8-26(31-13-19)16(3)22-11-21(22)15(2)20-9-17-5-6-18(30)10-23(17)25-12-24(20)25/h5-7,9-10,16,21-22,24-26,30H,2,4,8,11-14H2,1,3H3. The quantitative estimate of drug-likeness (QED) is 0.502. The van der Waals surface area contributed by atoms with Crippen LogP contribution in [0.2, 0.25) is 0 Å². The summed E-state index contributed by atoms with van der Waals surface area (Å²) >= 11 is 0. The van der Waals surface area contributed by atoms with Crippen LogP contribution in [-0.2, 0) is 9.47 Å². The van der Waals surface area contributed by atoms with Crippen molar-refractivity contribution in [3.63, 3.8) is 0 Å². The van der Waals surface area contributed by atoms with Crippen LogP contribution in [-0.4, -0.2) is 30.3 Å². The van der Waals surface area contributed by atoms with E-state index in [0.29, 0.717) is 47.5 Å². The highest BCUT2D eigenvalue weighted by molar-refractivity contribution is 5.70. The molecule has 0 bridgehead atoms. The Morgan fingerprint density at radius 2 is 2.12 bits per heavy atom. The number of ether oxygens (including phenoxy) is 2. The monoisotopic (exact) mass is 442 g/mol. The number of phenols is 1. The zero-order valence-electron chi connectivity index (χ0n) is 18.8. The molecule has 0 radical (unpaired) electrons. The third-order valence-electron chi connectivity index (χ3n) is 7.89. The molecule has 1 heterocycles. The SMILES string of the molecule is C=C(C1=Cc2ccc(O)cc2C2CC12)C1CC1C(C)C1CC=C(OCC(F)(F)CC)CO1. The second kappa shape index (κ2) is 8.02. The summed E-state index contributed by atoms with van der Waals surface area (Å²) in [6.07, 6.45) is 7.05. The lowest BCUT2D eigenvalue weighted by Gasteiger charge is -2.29. The minimum Gasteiger partial charge on any atom is -0.508 e. The van der Waals surface area contributed by atoms with Crippen LogP contribution in [0.25, 0.3) is 6.08 Å². The van der Waals surface area contributed by atoms with Crippen molar-refractivity contribution in [2.24, 2.45) is 23.7 Å². The van der Waals surface area contributed by atoms with Gasteiger partial charge in [-0.1, -0.05) is 32.6 Å². The van der Waals surface area contributed by atoms with E-state index in [-0.39, 0.29) is 19.1 Å². The molecular weight excluding hydrogens is 410 g/mol. The van der Waals surface area contributed by atoms with E-state index in [1.807, 2.05) is 18.2 Å². The van der Waals surface area contributed by atoms with Crippen LogP contribution < -0.4 is 0 Å². The highest BCUT2D eigenvalue weighted by Crippen LogP contribution is 2.62. The Morgan fingerprint density at radius 1 is 1.31 bits per heavy atom. The van der Waals surface area contributed by atoms with Crippen molar-refractivity contribution in [1.82, 2.24) is 0 Å². The molecule has 0 aromatic heterocycles. The lowest BCUT2D eigenvalue weighted by Crippen LogP contribution is -2.29. The van der Waals surface area contributed by atoms with Crippen LogP contribution >= 0.6 is 0 Å². The van der Waals surface area contributed by atoms with Gasteiger partial charge in [-0.3, -0.25) is 0 Å². The van der Waals surface area contributed by atoms with Crippen molar-refractivity contribution in [3.8, 4) is 5.75 Å². The summed E-state index contributed by atoms with van der Waals surface area (Å²) in [4.78, 5) is 0. The molecule has 0 saturated heterocycles. The Balaban J connectivity index is 1.18. The van der Waals surface area contributed by atoms with Gasteiger partial charge in [-0.2, -0.15) is 0 Å². The first kappa shape index (κ1) is 21.7. The number of hydrogen-bond donors (Lipinski definition) is 1. The van der Waals surface area contributed by atoms with Crippen molar-refractivity contribution in [2.75, 3.05) is 13.2 Å². The third kappa shape index (κ3) is 4.12. The zero-order chi connectivity index (χ0) is 22.6. The fourth-order valence-electron chi connectivity index (χ4n) is 5.52. The van der Waals surface area contributed by atoms with Crippen LogP contribution in [0.1, 0.15) is 56.6 Å². The van der Waals surface area contributed by atoms with E-state index in [9.17, 15) is 13.9 Å². The first-order valence-corrected chi connectivity index (χ1v) is 11.8. The van der Waals surface area contributed by atoms with E-state index in [1.165, 1.54) is 29.2 Å². The Hall–Kier alpha value is -2.14. The topological polar surface area (TPSA) is 38.7 Å². The molecule has 32 heavy (non-hydrogen) atoms. The number of fused-ring (bicyclic) bond motifs is 3. The lowest BCUT2D eigenvalue weighted by atomic mass is 9.85. The number of benzene rings is 1. The second-order valence-corrected chi connectivity index (χ2v) is 10.0. The predicted molar refractivity (Wildman–Crippen MR) is 120 cm³/mol. The summed E-state index contributed by atoms with van der Waals surface area (Å²) in [5, 5.41) is 9.82. The number of hydrogen-bond acceptors (Lipinski definition) is 3. The van der Waals surface area contributed by atoms with Crippen LogP contribution in [0.4, 0.5) is 8.78 Å². The van der Waals surface area contributed by atoms with Gasteiger partial charge in [0.15, 0.2) is 6.61 Å². The Bertz CT molecular complexity index is 979. The molecule has 6 unspecified atom stereocenters. The van der Waals surface area contributed by atoms with Gasteiger partial charge in [0.05, 0.1) is 6.10 Å². The molecule has 3 nitrogen and oxygen atoms in total. The molecule has 1 aromatic carbocycles.